The molecule has 2 aliphatic rings. The van der Waals surface area contributed by atoms with Gasteiger partial charge in [-0.1, -0.05) is 36.8 Å². The molecule has 4 nitrogen and oxygen atoms in total. The molecule has 0 radical (unpaired) electrons. The molecule has 114 valence electrons. The summed E-state index contributed by atoms with van der Waals surface area (Å²) in [5.74, 6) is 0.580. The molecule has 0 saturated heterocycles. The number of guanidine groups is 1. The zero-order valence-electron chi connectivity index (χ0n) is 12.7. The number of benzene rings is 1. The SMILES string of the molecule is COC1CC(NC(N)=NCCc2ccccc2)C12CCC2. The van der Waals surface area contributed by atoms with Crippen LogP contribution < -0.4 is 11.1 Å². The summed E-state index contributed by atoms with van der Waals surface area (Å²) >= 11 is 0. The summed E-state index contributed by atoms with van der Waals surface area (Å²) < 4.78 is 5.57. The Labute approximate surface area is 126 Å². The molecular weight excluding hydrogens is 262 g/mol. The van der Waals surface area contributed by atoms with Crippen molar-refractivity contribution in [1.29, 1.82) is 0 Å². The van der Waals surface area contributed by atoms with E-state index in [1.807, 2.05) is 13.2 Å². The third-order valence-electron chi connectivity index (χ3n) is 5.20. The molecule has 2 fully saturated rings. The Balaban J connectivity index is 1.48. The Kier molecular flexibility index (Phi) is 4.15. The van der Waals surface area contributed by atoms with Crippen LogP contribution in [0, 0.1) is 5.41 Å². The van der Waals surface area contributed by atoms with Crippen molar-refractivity contribution in [2.75, 3.05) is 13.7 Å². The number of nitrogens with zero attached hydrogens (tertiary/aromatic N) is 1. The molecule has 2 aliphatic carbocycles. The Morgan fingerprint density at radius 3 is 2.76 bits per heavy atom. The van der Waals surface area contributed by atoms with Gasteiger partial charge in [0.1, 0.15) is 0 Å². The van der Waals surface area contributed by atoms with Crippen LogP contribution in [0.4, 0.5) is 0 Å². The van der Waals surface area contributed by atoms with Crippen LogP contribution in [-0.2, 0) is 11.2 Å². The molecule has 0 amide bonds. The van der Waals surface area contributed by atoms with Gasteiger partial charge in [-0.3, -0.25) is 4.99 Å². The van der Waals surface area contributed by atoms with Gasteiger partial charge in [-0.05, 0) is 31.2 Å². The predicted octanol–water partition coefficient (Wildman–Crippen LogP) is 2.09. The van der Waals surface area contributed by atoms with Crippen molar-refractivity contribution in [3.05, 3.63) is 35.9 Å². The van der Waals surface area contributed by atoms with Crippen LogP contribution in [0.15, 0.2) is 35.3 Å². The molecule has 1 spiro atoms. The first-order chi connectivity index (χ1) is 10.2. The molecule has 0 heterocycles. The molecule has 2 unspecified atom stereocenters. The zero-order valence-corrected chi connectivity index (χ0v) is 12.7. The van der Waals surface area contributed by atoms with Gasteiger partial charge in [0, 0.05) is 25.1 Å². The van der Waals surface area contributed by atoms with E-state index in [-0.39, 0.29) is 0 Å². The van der Waals surface area contributed by atoms with Crippen LogP contribution in [0.2, 0.25) is 0 Å². The van der Waals surface area contributed by atoms with Crippen molar-refractivity contribution in [3.8, 4) is 0 Å². The molecule has 0 aliphatic heterocycles. The van der Waals surface area contributed by atoms with Gasteiger partial charge in [-0.2, -0.15) is 0 Å². The molecule has 4 heteroatoms. The smallest absolute Gasteiger partial charge is 0.188 e. The van der Waals surface area contributed by atoms with Gasteiger partial charge in [-0.25, -0.2) is 0 Å². The Hall–Kier alpha value is -1.55. The number of ether oxygens (including phenoxy) is 1. The van der Waals surface area contributed by atoms with Crippen molar-refractivity contribution in [2.45, 2.75) is 44.2 Å². The topological polar surface area (TPSA) is 59.6 Å². The average Bonchev–Trinajstić information content (AvgIpc) is 2.42. The summed E-state index contributed by atoms with van der Waals surface area (Å²) in [7, 11) is 1.82. The molecule has 0 bridgehead atoms. The number of aliphatic imine (C=N–C) groups is 1. The third-order valence-corrected chi connectivity index (χ3v) is 5.20. The van der Waals surface area contributed by atoms with Crippen LogP contribution in [0.1, 0.15) is 31.2 Å². The number of methoxy groups -OCH3 is 1. The van der Waals surface area contributed by atoms with Gasteiger partial charge in [0.2, 0.25) is 0 Å². The fourth-order valence-electron chi connectivity index (χ4n) is 3.71. The quantitative estimate of drug-likeness (QED) is 0.644. The van der Waals surface area contributed by atoms with Crippen LogP contribution in [0.5, 0.6) is 0 Å². The highest BCUT2D eigenvalue weighted by Crippen LogP contribution is 2.56. The normalized spacial score (nSPS) is 27.0. The maximum atomic E-state index is 6.03. The van der Waals surface area contributed by atoms with E-state index in [1.54, 1.807) is 0 Å². The van der Waals surface area contributed by atoms with E-state index in [2.05, 4.69) is 34.6 Å². The van der Waals surface area contributed by atoms with Crippen molar-refractivity contribution in [1.82, 2.24) is 5.32 Å². The fraction of sp³-hybridized carbons (Fsp3) is 0.588. The summed E-state index contributed by atoms with van der Waals surface area (Å²) in [5.41, 5.74) is 7.66. The van der Waals surface area contributed by atoms with E-state index in [1.165, 1.54) is 24.8 Å². The summed E-state index contributed by atoms with van der Waals surface area (Å²) in [6, 6.07) is 10.8. The third kappa shape index (κ3) is 2.77. The zero-order chi connectivity index (χ0) is 14.7. The number of hydrogen-bond acceptors (Lipinski definition) is 2. The predicted molar refractivity (Wildman–Crippen MR) is 85.3 cm³/mol. The van der Waals surface area contributed by atoms with Crippen molar-refractivity contribution >= 4 is 5.96 Å². The van der Waals surface area contributed by atoms with Crippen molar-refractivity contribution in [3.63, 3.8) is 0 Å². The molecular formula is C17H25N3O. The highest BCUT2D eigenvalue weighted by atomic mass is 16.5. The summed E-state index contributed by atoms with van der Waals surface area (Å²) in [5, 5.41) is 3.41. The van der Waals surface area contributed by atoms with E-state index >= 15 is 0 Å². The van der Waals surface area contributed by atoms with Gasteiger partial charge in [-0.15, -0.1) is 0 Å². The van der Waals surface area contributed by atoms with Gasteiger partial charge >= 0.3 is 0 Å². The first kappa shape index (κ1) is 14.4. The number of rotatable bonds is 5. The van der Waals surface area contributed by atoms with E-state index < -0.39 is 0 Å². The van der Waals surface area contributed by atoms with Crippen molar-refractivity contribution in [2.24, 2.45) is 16.1 Å². The standard InChI is InChI=1S/C17H25N3O/c1-21-15-12-14(17(15)9-5-10-17)20-16(18)19-11-8-13-6-3-2-4-7-13/h2-4,6-7,14-15H,5,8-12H2,1H3,(H3,18,19,20). The Morgan fingerprint density at radius 1 is 1.38 bits per heavy atom. The first-order valence-electron chi connectivity index (χ1n) is 7.88. The largest absolute Gasteiger partial charge is 0.381 e. The number of nitrogens with two attached hydrogens (primary N) is 1. The minimum absolute atomic E-state index is 0.328. The highest BCUT2D eigenvalue weighted by Gasteiger charge is 2.58. The molecule has 2 atom stereocenters. The van der Waals surface area contributed by atoms with Crippen molar-refractivity contribution < 1.29 is 4.74 Å². The lowest BCUT2D eigenvalue weighted by Crippen LogP contribution is -2.68. The lowest BCUT2D eigenvalue weighted by atomic mass is 9.51. The summed E-state index contributed by atoms with van der Waals surface area (Å²) in [6.07, 6.45) is 6.19. The second-order valence-electron chi connectivity index (χ2n) is 6.25. The molecule has 3 N–H and O–H groups in total. The number of nitrogens with one attached hydrogen (secondary N) is 1. The maximum Gasteiger partial charge on any atom is 0.188 e. The molecule has 21 heavy (non-hydrogen) atoms. The lowest BCUT2D eigenvalue weighted by molar-refractivity contribution is -0.156. The van der Waals surface area contributed by atoms with E-state index in [4.69, 9.17) is 10.5 Å². The van der Waals surface area contributed by atoms with E-state index in [0.29, 0.717) is 23.5 Å². The second kappa shape index (κ2) is 6.06. The Morgan fingerprint density at radius 2 is 2.14 bits per heavy atom. The first-order valence-corrected chi connectivity index (χ1v) is 7.88. The average molecular weight is 287 g/mol. The molecule has 2 saturated carbocycles. The van der Waals surface area contributed by atoms with E-state index in [9.17, 15) is 0 Å². The molecule has 1 aromatic carbocycles. The maximum absolute atomic E-state index is 6.03. The van der Waals surface area contributed by atoms with Gasteiger partial charge in [0.05, 0.1) is 6.10 Å². The summed E-state index contributed by atoms with van der Waals surface area (Å²) in [4.78, 5) is 4.46. The molecule has 3 rings (SSSR count). The minimum atomic E-state index is 0.328. The van der Waals surface area contributed by atoms with Crippen LogP contribution >= 0.6 is 0 Å². The van der Waals surface area contributed by atoms with Crippen LogP contribution in [0.3, 0.4) is 0 Å². The second-order valence-corrected chi connectivity index (χ2v) is 6.25. The van der Waals surface area contributed by atoms with E-state index in [0.717, 1.165) is 19.4 Å². The van der Waals surface area contributed by atoms with Crippen LogP contribution in [0.25, 0.3) is 0 Å². The molecule has 0 aromatic heterocycles. The highest BCUT2D eigenvalue weighted by molar-refractivity contribution is 5.78. The monoisotopic (exact) mass is 287 g/mol. The molecule has 1 aromatic rings. The fourth-order valence-corrected chi connectivity index (χ4v) is 3.71. The Bertz CT molecular complexity index is 496. The van der Waals surface area contributed by atoms with Crippen LogP contribution in [-0.4, -0.2) is 31.8 Å². The summed E-state index contributed by atoms with van der Waals surface area (Å²) in [6.45, 7) is 0.732. The minimum Gasteiger partial charge on any atom is -0.381 e. The number of hydrogen-bond donors (Lipinski definition) is 2. The lowest BCUT2D eigenvalue weighted by Gasteiger charge is -2.60. The van der Waals surface area contributed by atoms with Gasteiger partial charge < -0.3 is 15.8 Å². The van der Waals surface area contributed by atoms with Gasteiger partial charge in [0.25, 0.3) is 0 Å². The van der Waals surface area contributed by atoms with Gasteiger partial charge in [0.15, 0.2) is 5.96 Å².